The van der Waals surface area contributed by atoms with Crippen molar-refractivity contribution in [3.05, 3.63) is 40.2 Å². The summed E-state index contributed by atoms with van der Waals surface area (Å²) < 4.78 is 35.1. The number of hydrogen-bond donors (Lipinski definition) is 0. The van der Waals surface area contributed by atoms with Crippen LogP contribution in [0.2, 0.25) is 0 Å². The van der Waals surface area contributed by atoms with Gasteiger partial charge in [0.25, 0.3) is 0 Å². The van der Waals surface area contributed by atoms with Crippen molar-refractivity contribution in [2.75, 3.05) is 0 Å². The van der Waals surface area contributed by atoms with Crippen molar-refractivity contribution in [1.82, 2.24) is 4.98 Å². The fourth-order valence-electron chi connectivity index (χ4n) is 0.845. The van der Waals surface area contributed by atoms with E-state index < -0.39 is 31.3 Å². The Kier molecular flexibility index (Phi) is 2.80. The van der Waals surface area contributed by atoms with E-state index >= 15 is 0 Å². The van der Waals surface area contributed by atoms with E-state index in [2.05, 4.69) is 11.6 Å². The van der Waals surface area contributed by atoms with Crippen LogP contribution in [-0.2, 0) is 9.84 Å². The van der Waals surface area contributed by atoms with Crippen LogP contribution in [-0.4, -0.2) is 18.3 Å². The molecular weight excluding hydrogens is 227 g/mol. The number of pyridine rings is 1. The van der Waals surface area contributed by atoms with E-state index in [1.807, 2.05) is 0 Å². The van der Waals surface area contributed by atoms with Gasteiger partial charge in [0.1, 0.15) is 5.82 Å². The Bertz CT molecular complexity index is 526. The van der Waals surface area contributed by atoms with Crippen LogP contribution in [0.1, 0.15) is 0 Å². The van der Waals surface area contributed by atoms with Gasteiger partial charge in [0.05, 0.1) is 17.2 Å². The molecule has 0 fully saturated rings. The second-order valence-corrected chi connectivity index (χ2v) is 4.26. The number of aromatic nitrogens is 1. The molecule has 0 unspecified atom stereocenters. The summed E-state index contributed by atoms with van der Waals surface area (Å²) in [6.07, 6.45) is 0.587. The van der Waals surface area contributed by atoms with Crippen molar-refractivity contribution in [3.8, 4) is 0 Å². The van der Waals surface area contributed by atoms with Crippen LogP contribution in [0.25, 0.3) is 0 Å². The number of nitro groups is 1. The topological polar surface area (TPSA) is 90.2 Å². The van der Waals surface area contributed by atoms with E-state index in [9.17, 15) is 22.9 Å². The average molecular weight is 232 g/mol. The molecule has 0 bridgehead atoms. The van der Waals surface area contributed by atoms with Crippen molar-refractivity contribution < 1.29 is 17.7 Å². The third kappa shape index (κ3) is 2.15. The number of nitrogens with zero attached hydrogens (tertiary/aromatic N) is 2. The van der Waals surface area contributed by atoms with Gasteiger partial charge in [0.2, 0.25) is 14.9 Å². The van der Waals surface area contributed by atoms with Gasteiger partial charge in [-0.25, -0.2) is 17.8 Å². The normalized spacial score (nSPS) is 11.0. The number of rotatable bonds is 3. The number of sulfone groups is 1. The van der Waals surface area contributed by atoms with Gasteiger partial charge < -0.3 is 0 Å². The van der Waals surface area contributed by atoms with Crippen molar-refractivity contribution in [2.24, 2.45) is 0 Å². The molecule has 0 atom stereocenters. The number of hydrogen-bond acceptors (Lipinski definition) is 5. The molecule has 6 nitrogen and oxygen atoms in total. The molecule has 0 aliphatic rings. The van der Waals surface area contributed by atoms with Gasteiger partial charge in [0, 0.05) is 5.41 Å². The third-order valence-electron chi connectivity index (χ3n) is 1.48. The minimum Gasteiger partial charge on any atom is -0.258 e. The lowest BCUT2D eigenvalue weighted by atomic mass is 10.4. The van der Waals surface area contributed by atoms with Crippen molar-refractivity contribution in [3.63, 3.8) is 0 Å². The molecule has 1 aromatic heterocycles. The van der Waals surface area contributed by atoms with Crippen LogP contribution in [0.3, 0.4) is 0 Å². The quantitative estimate of drug-likeness (QED) is 0.573. The molecule has 0 amide bonds. The highest BCUT2D eigenvalue weighted by atomic mass is 32.2. The minimum absolute atomic E-state index is 0.489. The summed E-state index contributed by atoms with van der Waals surface area (Å²) >= 11 is 0. The number of halogens is 1. The first kappa shape index (κ1) is 11.2. The molecule has 0 saturated carbocycles. The first-order valence-electron chi connectivity index (χ1n) is 3.56. The highest BCUT2D eigenvalue weighted by molar-refractivity contribution is 7.94. The molecule has 1 aromatic rings. The van der Waals surface area contributed by atoms with Gasteiger partial charge in [-0.05, 0) is 0 Å². The molecule has 0 saturated heterocycles. The van der Waals surface area contributed by atoms with E-state index in [-0.39, 0.29) is 0 Å². The Labute approximate surface area is 84.1 Å². The fraction of sp³-hybridized carbons (Fsp3) is 0. The SMILES string of the molecule is C=CS(=O)(=O)c1ncc(F)cc1[N+](=O)[O-]. The summed E-state index contributed by atoms with van der Waals surface area (Å²) in [5.41, 5.74) is -0.908. The zero-order chi connectivity index (χ0) is 11.6. The summed E-state index contributed by atoms with van der Waals surface area (Å²) in [6.45, 7) is 2.99. The highest BCUT2D eigenvalue weighted by Gasteiger charge is 2.25. The van der Waals surface area contributed by atoms with Crippen molar-refractivity contribution >= 4 is 15.5 Å². The predicted octanol–water partition coefficient (Wildman–Crippen LogP) is 1.05. The van der Waals surface area contributed by atoms with E-state index in [4.69, 9.17) is 0 Å². The minimum atomic E-state index is -4.05. The summed E-state index contributed by atoms with van der Waals surface area (Å²) in [5, 5.41) is 10.1. The largest absolute Gasteiger partial charge is 0.309 e. The molecule has 80 valence electrons. The van der Waals surface area contributed by atoms with Gasteiger partial charge >= 0.3 is 5.69 Å². The monoisotopic (exact) mass is 232 g/mol. The second-order valence-electron chi connectivity index (χ2n) is 2.45. The van der Waals surface area contributed by atoms with Crippen LogP contribution in [0, 0.1) is 15.9 Å². The van der Waals surface area contributed by atoms with Crippen molar-refractivity contribution in [1.29, 1.82) is 0 Å². The van der Waals surface area contributed by atoms with Crippen LogP contribution in [0.4, 0.5) is 10.1 Å². The summed E-state index contributed by atoms with van der Waals surface area (Å²) in [7, 11) is -4.05. The molecule has 8 heteroatoms. The molecule has 1 heterocycles. The standard InChI is InChI=1S/C7H5FN2O4S/c1-2-15(13,14)7-6(10(11)12)3-5(8)4-9-7/h2-4H,1H2. The lowest BCUT2D eigenvalue weighted by Gasteiger charge is -1.99. The van der Waals surface area contributed by atoms with Gasteiger partial charge in [-0.3, -0.25) is 10.1 Å². The fourth-order valence-corrected chi connectivity index (χ4v) is 1.63. The molecule has 0 radical (unpaired) electrons. The molecule has 0 aromatic carbocycles. The Balaban J connectivity index is 3.56. The Morgan fingerprint density at radius 3 is 2.67 bits per heavy atom. The van der Waals surface area contributed by atoms with Crippen molar-refractivity contribution in [2.45, 2.75) is 5.03 Å². The molecule has 0 aliphatic carbocycles. The van der Waals surface area contributed by atoms with Crippen LogP contribution in [0.15, 0.2) is 29.3 Å². The van der Waals surface area contributed by atoms with E-state index in [0.29, 0.717) is 17.7 Å². The van der Waals surface area contributed by atoms with Gasteiger partial charge in [-0.15, -0.1) is 0 Å². The lowest BCUT2D eigenvalue weighted by Crippen LogP contribution is -2.05. The molecule has 1 rings (SSSR count). The Morgan fingerprint density at radius 2 is 2.20 bits per heavy atom. The van der Waals surface area contributed by atoms with Gasteiger partial charge in [-0.2, -0.15) is 0 Å². The van der Waals surface area contributed by atoms with E-state index in [0.717, 1.165) is 0 Å². The van der Waals surface area contributed by atoms with Crippen LogP contribution in [0.5, 0.6) is 0 Å². The molecule has 0 N–H and O–H groups in total. The first-order chi connectivity index (χ1) is 6.88. The van der Waals surface area contributed by atoms with Crippen LogP contribution < -0.4 is 0 Å². The summed E-state index contributed by atoms with van der Waals surface area (Å²) in [4.78, 5) is 12.6. The maximum atomic E-state index is 12.6. The smallest absolute Gasteiger partial charge is 0.258 e. The predicted molar refractivity (Wildman–Crippen MR) is 48.2 cm³/mol. The van der Waals surface area contributed by atoms with Gasteiger partial charge in [0.15, 0.2) is 0 Å². The zero-order valence-corrected chi connectivity index (χ0v) is 8.07. The molecule has 0 spiro atoms. The van der Waals surface area contributed by atoms with E-state index in [1.54, 1.807) is 0 Å². The molecular formula is C7H5FN2O4S. The Hall–Kier alpha value is -1.83. The zero-order valence-electron chi connectivity index (χ0n) is 7.25. The maximum Gasteiger partial charge on any atom is 0.309 e. The highest BCUT2D eigenvalue weighted by Crippen LogP contribution is 2.23. The summed E-state index contributed by atoms with van der Waals surface area (Å²) in [6, 6.07) is 0.489. The Morgan fingerprint density at radius 1 is 1.60 bits per heavy atom. The third-order valence-corrected chi connectivity index (χ3v) is 2.78. The average Bonchev–Trinajstić information content (AvgIpc) is 2.17. The molecule has 0 aliphatic heterocycles. The first-order valence-corrected chi connectivity index (χ1v) is 5.10. The maximum absolute atomic E-state index is 12.6. The summed E-state index contributed by atoms with van der Waals surface area (Å²) in [5.74, 6) is -0.982. The molecule has 15 heavy (non-hydrogen) atoms. The second kappa shape index (κ2) is 3.73. The van der Waals surface area contributed by atoms with E-state index in [1.165, 1.54) is 0 Å². The van der Waals surface area contributed by atoms with Crippen LogP contribution >= 0.6 is 0 Å². The van der Waals surface area contributed by atoms with Gasteiger partial charge in [-0.1, -0.05) is 6.58 Å². The lowest BCUT2D eigenvalue weighted by molar-refractivity contribution is -0.388.